The third kappa shape index (κ3) is 4.04. The normalized spacial score (nSPS) is 15.0. The van der Waals surface area contributed by atoms with Crippen LogP contribution in [0.3, 0.4) is 0 Å². The van der Waals surface area contributed by atoms with Crippen molar-refractivity contribution in [1.29, 1.82) is 0 Å². The average Bonchev–Trinajstić information content (AvgIpc) is 2.72. The lowest BCUT2D eigenvalue weighted by Gasteiger charge is -2.28. The maximum atomic E-state index is 12.9. The van der Waals surface area contributed by atoms with E-state index < -0.39 is 11.7 Å². The topological polar surface area (TPSA) is 34.6 Å². The van der Waals surface area contributed by atoms with Crippen molar-refractivity contribution < 1.29 is 22.6 Å². The molecule has 7 heteroatoms. The fourth-order valence-electron chi connectivity index (χ4n) is 3.19. The molecule has 4 nitrogen and oxygen atoms in total. The molecule has 28 heavy (non-hydrogen) atoms. The van der Waals surface area contributed by atoms with Crippen LogP contribution in [0.15, 0.2) is 54.6 Å². The molecule has 1 aliphatic rings. The molecule has 2 aromatic carbocycles. The predicted octanol–water partition coefficient (Wildman–Crippen LogP) is 4.67. The standard InChI is InChI=1S/C21H19F3N2O2/c22-21(23,24)17-5-1-3-15(13-17)14-28-18-6-2-4-16-7-8-19(25-20(16)18)26-9-11-27-12-10-26/h1-8,13H,9-12,14H2. The van der Waals surface area contributed by atoms with Gasteiger partial charge in [-0.05, 0) is 35.9 Å². The lowest BCUT2D eigenvalue weighted by atomic mass is 10.1. The lowest BCUT2D eigenvalue weighted by molar-refractivity contribution is -0.137. The van der Waals surface area contributed by atoms with Gasteiger partial charge in [-0.2, -0.15) is 13.2 Å². The van der Waals surface area contributed by atoms with Gasteiger partial charge in [0, 0.05) is 18.5 Å². The Morgan fingerprint density at radius 1 is 1.00 bits per heavy atom. The zero-order valence-electron chi connectivity index (χ0n) is 15.1. The number of hydrogen-bond donors (Lipinski definition) is 0. The first-order chi connectivity index (χ1) is 13.5. The van der Waals surface area contributed by atoms with Crippen molar-refractivity contribution in [3.8, 4) is 5.75 Å². The molecule has 0 N–H and O–H groups in total. The molecule has 146 valence electrons. The first-order valence-corrected chi connectivity index (χ1v) is 9.02. The average molecular weight is 388 g/mol. The maximum Gasteiger partial charge on any atom is 0.416 e. The number of para-hydroxylation sites is 1. The van der Waals surface area contributed by atoms with E-state index >= 15 is 0 Å². The number of fused-ring (bicyclic) bond motifs is 1. The van der Waals surface area contributed by atoms with Gasteiger partial charge < -0.3 is 14.4 Å². The van der Waals surface area contributed by atoms with E-state index in [-0.39, 0.29) is 6.61 Å². The lowest BCUT2D eigenvalue weighted by Crippen LogP contribution is -2.36. The smallest absolute Gasteiger partial charge is 0.416 e. The van der Waals surface area contributed by atoms with Gasteiger partial charge >= 0.3 is 6.18 Å². The van der Waals surface area contributed by atoms with E-state index in [1.807, 2.05) is 24.3 Å². The summed E-state index contributed by atoms with van der Waals surface area (Å²) in [5.41, 5.74) is 0.467. The van der Waals surface area contributed by atoms with E-state index in [4.69, 9.17) is 14.5 Å². The van der Waals surface area contributed by atoms with Crippen molar-refractivity contribution >= 4 is 16.7 Å². The van der Waals surface area contributed by atoms with Crippen molar-refractivity contribution in [2.24, 2.45) is 0 Å². The minimum atomic E-state index is -4.37. The highest BCUT2D eigenvalue weighted by atomic mass is 19.4. The Bertz CT molecular complexity index is 969. The van der Waals surface area contributed by atoms with Crippen LogP contribution in [0.1, 0.15) is 11.1 Å². The number of pyridine rings is 1. The molecule has 0 atom stereocenters. The molecule has 0 aliphatic carbocycles. The van der Waals surface area contributed by atoms with Gasteiger partial charge in [-0.25, -0.2) is 4.98 Å². The Hall–Kier alpha value is -2.80. The molecule has 4 rings (SSSR count). The molecule has 1 aliphatic heterocycles. The second kappa shape index (κ2) is 7.67. The van der Waals surface area contributed by atoms with E-state index in [1.54, 1.807) is 12.1 Å². The van der Waals surface area contributed by atoms with Crippen LogP contribution in [-0.4, -0.2) is 31.3 Å². The first-order valence-electron chi connectivity index (χ1n) is 9.02. The number of aromatic nitrogens is 1. The summed E-state index contributed by atoms with van der Waals surface area (Å²) in [7, 11) is 0. The zero-order chi connectivity index (χ0) is 19.6. The summed E-state index contributed by atoms with van der Waals surface area (Å²) >= 11 is 0. The second-order valence-electron chi connectivity index (χ2n) is 6.58. The monoisotopic (exact) mass is 388 g/mol. The minimum Gasteiger partial charge on any atom is -0.487 e. The van der Waals surface area contributed by atoms with Gasteiger partial charge in [0.1, 0.15) is 23.7 Å². The van der Waals surface area contributed by atoms with E-state index in [9.17, 15) is 13.2 Å². The van der Waals surface area contributed by atoms with Gasteiger partial charge in [-0.15, -0.1) is 0 Å². The van der Waals surface area contributed by atoms with Crippen LogP contribution >= 0.6 is 0 Å². The Labute approximate surface area is 160 Å². The summed E-state index contributed by atoms with van der Waals surface area (Å²) in [6.45, 7) is 2.89. The molecule has 2 heterocycles. The molecule has 1 saturated heterocycles. The molecular formula is C21H19F3N2O2. The van der Waals surface area contributed by atoms with E-state index in [1.165, 1.54) is 6.07 Å². The van der Waals surface area contributed by atoms with Crippen LogP contribution in [0.25, 0.3) is 10.9 Å². The van der Waals surface area contributed by atoms with Gasteiger partial charge in [0.05, 0.1) is 18.8 Å². The molecule has 1 fully saturated rings. The summed E-state index contributed by atoms with van der Waals surface area (Å²) in [4.78, 5) is 6.88. The Morgan fingerprint density at radius 3 is 2.57 bits per heavy atom. The fourth-order valence-corrected chi connectivity index (χ4v) is 3.19. The molecule has 0 saturated carbocycles. The van der Waals surface area contributed by atoms with Crippen LogP contribution in [0.4, 0.5) is 19.0 Å². The largest absolute Gasteiger partial charge is 0.487 e. The number of morpholine rings is 1. The third-order valence-corrected chi connectivity index (χ3v) is 4.65. The zero-order valence-corrected chi connectivity index (χ0v) is 15.1. The number of benzene rings is 2. The van der Waals surface area contributed by atoms with Gasteiger partial charge in [-0.1, -0.05) is 24.3 Å². The van der Waals surface area contributed by atoms with E-state index in [2.05, 4.69) is 4.90 Å². The SMILES string of the molecule is FC(F)(F)c1cccc(COc2cccc3ccc(N4CCOCC4)nc23)c1. The number of ether oxygens (including phenoxy) is 2. The Balaban J connectivity index is 1.58. The quantitative estimate of drug-likeness (QED) is 0.651. The van der Waals surface area contributed by atoms with E-state index in [0.717, 1.165) is 36.4 Å². The van der Waals surface area contributed by atoms with Crippen LogP contribution < -0.4 is 9.64 Å². The van der Waals surface area contributed by atoms with Crippen molar-refractivity contribution in [2.45, 2.75) is 12.8 Å². The molecule has 3 aromatic rings. The molecule has 0 spiro atoms. The summed E-state index contributed by atoms with van der Waals surface area (Å²) in [6.07, 6.45) is -4.37. The predicted molar refractivity (Wildman–Crippen MR) is 101 cm³/mol. The highest BCUT2D eigenvalue weighted by Crippen LogP contribution is 2.31. The third-order valence-electron chi connectivity index (χ3n) is 4.65. The number of halogens is 3. The van der Waals surface area contributed by atoms with Crippen LogP contribution in [-0.2, 0) is 17.5 Å². The molecule has 1 aromatic heterocycles. The molecule has 0 amide bonds. The van der Waals surface area contributed by atoms with Crippen molar-refractivity contribution in [1.82, 2.24) is 4.98 Å². The molecule has 0 bridgehead atoms. The van der Waals surface area contributed by atoms with Gasteiger partial charge in [0.2, 0.25) is 0 Å². The number of nitrogens with zero attached hydrogens (tertiary/aromatic N) is 2. The van der Waals surface area contributed by atoms with Gasteiger partial charge in [0.25, 0.3) is 0 Å². The first kappa shape index (κ1) is 18.6. The maximum absolute atomic E-state index is 12.9. The summed E-state index contributed by atoms with van der Waals surface area (Å²) in [5.74, 6) is 1.39. The Morgan fingerprint density at radius 2 is 1.79 bits per heavy atom. The van der Waals surface area contributed by atoms with Crippen molar-refractivity contribution in [3.05, 3.63) is 65.7 Å². The van der Waals surface area contributed by atoms with Crippen LogP contribution in [0, 0.1) is 0 Å². The Kier molecular flexibility index (Phi) is 5.09. The number of rotatable bonds is 4. The van der Waals surface area contributed by atoms with Crippen molar-refractivity contribution in [3.63, 3.8) is 0 Å². The van der Waals surface area contributed by atoms with E-state index in [0.29, 0.717) is 30.0 Å². The van der Waals surface area contributed by atoms with Crippen LogP contribution in [0.5, 0.6) is 5.75 Å². The highest BCUT2D eigenvalue weighted by molar-refractivity contribution is 5.86. The van der Waals surface area contributed by atoms with Gasteiger partial charge in [0.15, 0.2) is 0 Å². The molecule has 0 radical (unpaired) electrons. The highest BCUT2D eigenvalue weighted by Gasteiger charge is 2.30. The summed E-state index contributed by atoms with van der Waals surface area (Å²) in [5, 5.41) is 0.915. The molecular weight excluding hydrogens is 369 g/mol. The van der Waals surface area contributed by atoms with Gasteiger partial charge in [-0.3, -0.25) is 0 Å². The summed E-state index contributed by atoms with van der Waals surface area (Å²) in [6, 6.07) is 14.7. The summed E-state index contributed by atoms with van der Waals surface area (Å²) < 4.78 is 49.9. The number of hydrogen-bond acceptors (Lipinski definition) is 4. The van der Waals surface area contributed by atoms with Crippen molar-refractivity contribution in [2.75, 3.05) is 31.2 Å². The molecule has 0 unspecified atom stereocenters. The van der Waals surface area contributed by atoms with Crippen LogP contribution in [0.2, 0.25) is 0 Å². The number of alkyl halides is 3. The minimum absolute atomic E-state index is 0.0342. The fraction of sp³-hybridized carbons (Fsp3) is 0.286. The second-order valence-corrected chi connectivity index (χ2v) is 6.58. The number of anilines is 1.